The van der Waals surface area contributed by atoms with Crippen LogP contribution in [0.3, 0.4) is 0 Å². The molecular weight excluding hydrogens is 517 g/mol. The van der Waals surface area contributed by atoms with Gasteiger partial charge < -0.3 is 25.2 Å². The van der Waals surface area contributed by atoms with E-state index in [1.807, 2.05) is 6.07 Å². The average Bonchev–Trinajstić information content (AvgIpc) is 2.88. The first-order valence-corrected chi connectivity index (χ1v) is 12.5. The number of nitrogen functional groups attached to an aromatic ring is 1. The molecule has 4 aromatic rings. The van der Waals surface area contributed by atoms with Crippen LogP contribution >= 0.6 is 0 Å². The molecule has 3 N–H and O–H groups in total. The summed E-state index contributed by atoms with van der Waals surface area (Å²) in [4.78, 5) is 39.1. The topological polar surface area (TPSA) is 141 Å². The lowest BCUT2D eigenvalue weighted by Gasteiger charge is -2.25. The third-order valence-corrected chi connectivity index (χ3v) is 5.97. The average molecular weight is 548 g/mol. The Balaban J connectivity index is 1.76. The number of aromatic carboxylic acids is 1. The smallest absolute Gasteiger partial charge is 0.410 e. The van der Waals surface area contributed by atoms with Gasteiger partial charge in [0.2, 0.25) is 0 Å². The van der Waals surface area contributed by atoms with Crippen molar-refractivity contribution in [3.05, 3.63) is 77.5 Å². The number of hydrogen-bond donors (Lipinski definition) is 2. The zero-order chi connectivity index (χ0) is 29.2. The van der Waals surface area contributed by atoms with Crippen molar-refractivity contribution in [2.24, 2.45) is 0 Å². The van der Waals surface area contributed by atoms with Crippen molar-refractivity contribution < 1.29 is 28.6 Å². The highest BCUT2D eigenvalue weighted by molar-refractivity contribution is 5.93. The van der Waals surface area contributed by atoms with Gasteiger partial charge in [-0.25, -0.2) is 19.0 Å². The number of pyridine rings is 3. The first kappa shape index (κ1) is 28.2. The Kier molecular flexibility index (Phi) is 7.85. The van der Waals surface area contributed by atoms with Crippen LogP contribution in [0.5, 0.6) is 5.75 Å². The van der Waals surface area contributed by atoms with Gasteiger partial charge in [-0.3, -0.25) is 9.97 Å². The molecule has 0 radical (unpaired) electrons. The normalized spacial score (nSPS) is 12.2. The Morgan fingerprint density at radius 3 is 2.58 bits per heavy atom. The molecule has 0 fully saturated rings. The Morgan fingerprint density at radius 2 is 1.88 bits per heavy atom. The van der Waals surface area contributed by atoms with Crippen LogP contribution in [0.4, 0.5) is 15.0 Å². The molecular formula is C29H30FN5O5. The second kappa shape index (κ2) is 11.1. The number of ether oxygens (including phenoxy) is 2. The first-order valence-electron chi connectivity index (χ1n) is 12.5. The van der Waals surface area contributed by atoms with Crippen LogP contribution < -0.4 is 10.5 Å². The summed E-state index contributed by atoms with van der Waals surface area (Å²) in [6.45, 7) is 7.12. The Labute approximate surface area is 230 Å². The predicted molar refractivity (Wildman–Crippen MR) is 147 cm³/mol. The third-order valence-electron chi connectivity index (χ3n) is 5.97. The Hall–Kier alpha value is -4.80. The highest BCUT2D eigenvalue weighted by Crippen LogP contribution is 2.36. The molecule has 0 saturated carbocycles. The van der Waals surface area contributed by atoms with E-state index in [0.29, 0.717) is 27.7 Å². The fraction of sp³-hybridized carbons (Fsp3) is 0.276. The van der Waals surface area contributed by atoms with Gasteiger partial charge in [0.15, 0.2) is 11.6 Å². The van der Waals surface area contributed by atoms with E-state index in [4.69, 9.17) is 15.2 Å². The lowest BCUT2D eigenvalue weighted by atomic mass is 10.00. The zero-order valence-electron chi connectivity index (χ0n) is 22.8. The van der Waals surface area contributed by atoms with Crippen LogP contribution in [0.1, 0.15) is 55.3 Å². The summed E-state index contributed by atoms with van der Waals surface area (Å²) >= 11 is 0. The van der Waals surface area contributed by atoms with Crippen LogP contribution in [0.2, 0.25) is 0 Å². The van der Waals surface area contributed by atoms with Crippen molar-refractivity contribution in [2.75, 3.05) is 12.8 Å². The fourth-order valence-electron chi connectivity index (χ4n) is 4.16. The molecule has 40 heavy (non-hydrogen) atoms. The number of amides is 1. The molecule has 0 spiro atoms. The number of nitrogens with two attached hydrogens (primary N) is 1. The number of benzene rings is 1. The number of rotatable bonds is 7. The molecule has 1 aromatic carbocycles. The van der Waals surface area contributed by atoms with E-state index < -0.39 is 29.6 Å². The molecule has 0 bridgehead atoms. The summed E-state index contributed by atoms with van der Waals surface area (Å²) < 4.78 is 25.5. The van der Waals surface area contributed by atoms with Gasteiger partial charge in [-0.1, -0.05) is 0 Å². The van der Waals surface area contributed by atoms with Gasteiger partial charge in [0.25, 0.3) is 0 Å². The molecule has 208 valence electrons. The summed E-state index contributed by atoms with van der Waals surface area (Å²) in [5.74, 6) is -1.58. The minimum atomic E-state index is -1.21. The summed E-state index contributed by atoms with van der Waals surface area (Å²) in [6, 6.07) is 8.61. The van der Waals surface area contributed by atoms with Crippen molar-refractivity contribution >= 4 is 28.9 Å². The second-order valence-corrected chi connectivity index (χ2v) is 10.3. The zero-order valence-corrected chi connectivity index (χ0v) is 22.8. The lowest BCUT2D eigenvalue weighted by Crippen LogP contribution is -2.34. The Bertz CT molecular complexity index is 1590. The highest BCUT2D eigenvalue weighted by atomic mass is 19.1. The van der Waals surface area contributed by atoms with Gasteiger partial charge in [-0.2, -0.15) is 0 Å². The van der Waals surface area contributed by atoms with E-state index in [-0.39, 0.29) is 29.2 Å². The maximum absolute atomic E-state index is 14.0. The number of nitrogens with zero attached hydrogens (tertiary/aromatic N) is 4. The van der Waals surface area contributed by atoms with Crippen LogP contribution in [0.25, 0.3) is 22.2 Å². The quantitative estimate of drug-likeness (QED) is 0.302. The number of carbonyl (C=O) groups excluding carboxylic acids is 1. The van der Waals surface area contributed by atoms with E-state index in [9.17, 15) is 19.1 Å². The molecule has 3 heterocycles. The van der Waals surface area contributed by atoms with Gasteiger partial charge in [0.1, 0.15) is 17.5 Å². The maximum Gasteiger partial charge on any atom is 0.410 e. The van der Waals surface area contributed by atoms with Crippen LogP contribution in [-0.4, -0.2) is 49.7 Å². The van der Waals surface area contributed by atoms with Gasteiger partial charge in [-0.15, -0.1) is 0 Å². The van der Waals surface area contributed by atoms with Gasteiger partial charge in [0.05, 0.1) is 23.1 Å². The standard InChI is InChI=1S/C29H30FN5O5/c1-16(21-12-19(30)8-9-20(21)27(36)37)39-23-11-17(13-34-26(23)31)24-18(14-33-22-7-6-10-32-25(22)24)15-35(5)28(38)40-29(2,3)4/h6-14,16H,15H2,1-5H3,(H2,31,34)(H,36,37)/t16-/m1/s1. The molecule has 0 saturated heterocycles. The first-order chi connectivity index (χ1) is 18.8. The van der Waals surface area contributed by atoms with E-state index in [1.165, 1.54) is 11.0 Å². The van der Waals surface area contributed by atoms with E-state index in [1.54, 1.807) is 65.5 Å². The van der Waals surface area contributed by atoms with Crippen molar-refractivity contribution in [3.8, 4) is 16.9 Å². The third kappa shape index (κ3) is 6.25. The molecule has 4 rings (SSSR count). The number of halogens is 1. The largest absolute Gasteiger partial charge is 0.482 e. The molecule has 0 unspecified atom stereocenters. The number of aromatic nitrogens is 3. The number of fused-ring (bicyclic) bond motifs is 1. The number of hydrogen-bond acceptors (Lipinski definition) is 8. The van der Waals surface area contributed by atoms with Crippen LogP contribution in [-0.2, 0) is 11.3 Å². The SMILES string of the molecule is C[C@@H](Oc1cc(-c2c(CN(C)C(=O)OC(C)(C)C)cnc3cccnc23)cnc1N)c1cc(F)ccc1C(=O)O. The molecule has 10 nitrogen and oxygen atoms in total. The number of carbonyl (C=O) groups is 2. The van der Waals surface area contributed by atoms with Crippen molar-refractivity contribution in [2.45, 2.75) is 45.9 Å². The van der Waals surface area contributed by atoms with E-state index in [0.717, 1.165) is 12.1 Å². The monoisotopic (exact) mass is 547 g/mol. The summed E-state index contributed by atoms with van der Waals surface area (Å²) in [5.41, 5.74) is 8.62. The summed E-state index contributed by atoms with van der Waals surface area (Å²) in [5, 5.41) is 9.56. The molecule has 11 heteroatoms. The van der Waals surface area contributed by atoms with Crippen LogP contribution in [0.15, 0.2) is 55.0 Å². The van der Waals surface area contributed by atoms with Crippen molar-refractivity contribution in [3.63, 3.8) is 0 Å². The van der Waals surface area contributed by atoms with Crippen molar-refractivity contribution in [1.82, 2.24) is 19.9 Å². The van der Waals surface area contributed by atoms with E-state index >= 15 is 0 Å². The molecule has 1 amide bonds. The predicted octanol–water partition coefficient (Wildman–Crippen LogP) is 5.62. The number of carboxylic acids is 1. The minimum absolute atomic E-state index is 0.0580. The summed E-state index contributed by atoms with van der Waals surface area (Å²) in [6.07, 6.45) is 3.48. The molecule has 1 atom stereocenters. The van der Waals surface area contributed by atoms with Gasteiger partial charge >= 0.3 is 12.1 Å². The van der Waals surface area contributed by atoms with E-state index in [2.05, 4.69) is 15.0 Å². The molecule has 0 aliphatic carbocycles. The highest BCUT2D eigenvalue weighted by Gasteiger charge is 2.23. The van der Waals surface area contributed by atoms with Crippen LogP contribution in [0, 0.1) is 5.82 Å². The number of carboxylic acid groups (broad SMARTS) is 1. The molecule has 0 aliphatic rings. The van der Waals surface area contributed by atoms with Gasteiger partial charge in [-0.05, 0) is 64.1 Å². The van der Waals surface area contributed by atoms with Gasteiger partial charge in [0, 0.05) is 47.9 Å². The Morgan fingerprint density at radius 1 is 1.12 bits per heavy atom. The number of anilines is 1. The van der Waals surface area contributed by atoms with Crippen molar-refractivity contribution in [1.29, 1.82) is 0 Å². The fourth-order valence-corrected chi connectivity index (χ4v) is 4.16. The molecule has 0 aliphatic heterocycles. The second-order valence-electron chi connectivity index (χ2n) is 10.3. The minimum Gasteiger partial charge on any atom is -0.482 e. The molecule has 3 aromatic heterocycles. The lowest BCUT2D eigenvalue weighted by molar-refractivity contribution is 0.0285. The summed E-state index contributed by atoms with van der Waals surface area (Å²) in [7, 11) is 1.62. The maximum atomic E-state index is 14.0.